The summed E-state index contributed by atoms with van der Waals surface area (Å²) in [6.45, 7) is 0.146. The van der Waals surface area contributed by atoms with Crippen molar-refractivity contribution in [3.8, 4) is 11.8 Å². The number of hydrogen-bond acceptors (Lipinski definition) is 6. The molecule has 3 N–H and O–H groups in total. The number of nitrogens with zero attached hydrogens (tertiary/aromatic N) is 2. The Morgan fingerprint density at radius 3 is 2.61 bits per heavy atom. The van der Waals surface area contributed by atoms with E-state index in [2.05, 4.69) is 16.4 Å². The molecule has 3 rings (SSSR count). The summed E-state index contributed by atoms with van der Waals surface area (Å²) in [5.74, 6) is 0.308. The van der Waals surface area contributed by atoms with Gasteiger partial charge in [-0.1, -0.05) is 48.5 Å². The molecule has 2 aromatic carbocycles. The molecule has 0 fully saturated rings. The van der Waals surface area contributed by atoms with Crippen LogP contribution in [0.4, 0.5) is 0 Å². The topological polar surface area (TPSA) is 115 Å². The van der Waals surface area contributed by atoms with Crippen molar-refractivity contribution in [2.24, 2.45) is 0 Å². The molecule has 0 saturated heterocycles. The van der Waals surface area contributed by atoms with Crippen LogP contribution in [0.2, 0.25) is 6.32 Å². The van der Waals surface area contributed by atoms with E-state index >= 15 is 0 Å². The van der Waals surface area contributed by atoms with Gasteiger partial charge < -0.3 is 20.1 Å². The van der Waals surface area contributed by atoms with Crippen LogP contribution in [0.5, 0.6) is 5.75 Å². The van der Waals surface area contributed by atoms with Crippen LogP contribution in [-0.4, -0.2) is 34.7 Å². The van der Waals surface area contributed by atoms with Gasteiger partial charge >= 0.3 is 7.12 Å². The Hall–Kier alpha value is -3.93. The number of aromatic nitrogens is 1. The average Bonchev–Trinajstić information content (AvgIpc) is 2.83. The van der Waals surface area contributed by atoms with Crippen LogP contribution in [0.15, 0.2) is 79.0 Å². The predicted molar refractivity (Wildman–Crippen MR) is 127 cm³/mol. The first-order chi connectivity index (χ1) is 16.0. The number of amides is 1. The van der Waals surface area contributed by atoms with E-state index in [-0.39, 0.29) is 25.3 Å². The van der Waals surface area contributed by atoms with Crippen molar-refractivity contribution in [3.05, 3.63) is 95.8 Å². The number of nitriles is 1. The number of carbonyl (C=O) groups is 1. The largest absolute Gasteiger partial charge is 0.493 e. The summed E-state index contributed by atoms with van der Waals surface area (Å²) in [7, 11) is -1.54. The van der Waals surface area contributed by atoms with E-state index in [1.807, 2.05) is 48.5 Å². The van der Waals surface area contributed by atoms with Crippen LogP contribution in [0, 0.1) is 11.3 Å². The molecule has 0 unspecified atom stereocenters. The first kappa shape index (κ1) is 23.7. The third-order valence-electron chi connectivity index (χ3n) is 4.81. The zero-order valence-electron chi connectivity index (χ0n) is 18.0. The van der Waals surface area contributed by atoms with Crippen LogP contribution in [0.25, 0.3) is 11.6 Å². The summed E-state index contributed by atoms with van der Waals surface area (Å²) in [5, 5.41) is 31.0. The molecular formula is C25H24BN3O4. The van der Waals surface area contributed by atoms with Crippen molar-refractivity contribution in [1.82, 2.24) is 10.3 Å². The van der Waals surface area contributed by atoms with Crippen molar-refractivity contribution >= 4 is 24.7 Å². The molecule has 7 nitrogen and oxygen atoms in total. The molecule has 1 aromatic heterocycles. The number of ether oxygens (including phenoxy) is 1. The minimum Gasteiger partial charge on any atom is -0.493 e. The van der Waals surface area contributed by atoms with Gasteiger partial charge in [0.15, 0.2) is 0 Å². The fraction of sp³-hybridized carbons (Fsp3) is 0.160. The summed E-state index contributed by atoms with van der Waals surface area (Å²) in [6.07, 6.45) is 3.45. The number of benzene rings is 2. The number of rotatable bonds is 10. The predicted octanol–water partition coefficient (Wildman–Crippen LogP) is 3.24. The summed E-state index contributed by atoms with van der Waals surface area (Å²) in [5.41, 5.74) is 2.59. The van der Waals surface area contributed by atoms with Crippen molar-refractivity contribution in [3.63, 3.8) is 0 Å². The van der Waals surface area contributed by atoms with Gasteiger partial charge in [0.05, 0.1) is 30.3 Å². The normalized spacial score (nSPS) is 11.8. The molecule has 8 heteroatoms. The maximum atomic E-state index is 12.4. The van der Waals surface area contributed by atoms with Crippen LogP contribution < -0.4 is 10.1 Å². The molecule has 166 valence electrons. The van der Waals surface area contributed by atoms with E-state index < -0.39 is 13.2 Å². The van der Waals surface area contributed by atoms with Gasteiger partial charge in [0.1, 0.15) is 11.8 Å². The second-order valence-electron chi connectivity index (χ2n) is 7.30. The van der Waals surface area contributed by atoms with E-state index in [0.717, 1.165) is 11.1 Å². The lowest BCUT2D eigenvalue weighted by atomic mass is 9.79. The number of allylic oxidation sites excluding steroid dienone is 1. The molecule has 0 bridgehead atoms. The molecule has 0 aliphatic heterocycles. The molecule has 0 radical (unpaired) electrons. The van der Waals surface area contributed by atoms with Crippen LogP contribution >= 0.6 is 0 Å². The van der Waals surface area contributed by atoms with Crippen molar-refractivity contribution < 1.29 is 19.6 Å². The molecular weight excluding hydrogens is 417 g/mol. The first-order valence-electron chi connectivity index (χ1n) is 10.5. The Bertz CT molecular complexity index is 1120. The average molecular weight is 441 g/mol. The Morgan fingerprint density at radius 2 is 1.91 bits per heavy atom. The maximum Gasteiger partial charge on any atom is 0.453 e. The van der Waals surface area contributed by atoms with Gasteiger partial charge in [0, 0.05) is 12.5 Å². The fourth-order valence-electron chi connectivity index (χ4n) is 3.25. The highest BCUT2D eigenvalue weighted by Gasteiger charge is 2.20. The zero-order chi connectivity index (χ0) is 23.5. The smallest absolute Gasteiger partial charge is 0.453 e. The molecule has 0 aliphatic rings. The van der Waals surface area contributed by atoms with Gasteiger partial charge in [-0.3, -0.25) is 9.78 Å². The van der Waals surface area contributed by atoms with Gasteiger partial charge in [0.25, 0.3) is 0 Å². The second-order valence-corrected chi connectivity index (χ2v) is 7.30. The molecule has 3 aromatic rings. The minimum absolute atomic E-state index is 0.0114. The first-order valence-corrected chi connectivity index (χ1v) is 10.5. The highest BCUT2D eigenvalue weighted by molar-refractivity contribution is 6.41. The monoisotopic (exact) mass is 441 g/mol. The standard InChI is InChI=1S/C25H24BN3O4/c27-18-21(23-11-4-5-13-28-23)15-19-7-6-10-22(16-19)33-14-12-25(30)29-24(17-26(31)32)20-8-2-1-3-9-20/h1-11,13,15-16,24,31-32H,12,14,17H2,(H,29,30)/t24-/m0/s1. The SMILES string of the molecule is N#CC(=Cc1cccc(OCCC(=O)N[C@@H](CB(O)O)c2ccccc2)c1)c1ccccn1. The molecule has 1 atom stereocenters. The van der Waals surface area contributed by atoms with Gasteiger partial charge in [0.2, 0.25) is 5.91 Å². The van der Waals surface area contributed by atoms with E-state index in [1.165, 1.54) is 0 Å². The Kier molecular flexibility index (Phi) is 8.77. The fourth-order valence-corrected chi connectivity index (χ4v) is 3.25. The lowest BCUT2D eigenvalue weighted by Gasteiger charge is -2.19. The number of nitrogens with one attached hydrogen (secondary N) is 1. The summed E-state index contributed by atoms with van der Waals surface area (Å²) >= 11 is 0. The lowest BCUT2D eigenvalue weighted by Crippen LogP contribution is -2.32. The lowest BCUT2D eigenvalue weighted by molar-refractivity contribution is -0.122. The van der Waals surface area contributed by atoms with Crippen LogP contribution in [0.3, 0.4) is 0 Å². The minimum atomic E-state index is -1.54. The van der Waals surface area contributed by atoms with E-state index in [9.17, 15) is 20.1 Å². The highest BCUT2D eigenvalue weighted by Crippen LogP contribution is 2.20. The van der Waals surface area contributed by atoms with E-state index in [0.29, 0.717) is 17.0 Å². The van der Waals surface area contributed by atoms with E-state index in [1.54, 1.807) is 36.5 Å². The summed E-state index contributed by atoms with van der Waals surface area (Å²) < 4.78 is 5.72. The van der Waals surface area contributed by atoms with Crippen LogP contribution in [0.1, 0.15) is 29.3 Å². The number of hydrogen-bond donors (Lipinski definition) is 3. The van der Waals surface area contributed by atoms with Crippen molar-refractivity contribution in [2.45, 2.75) is 18.8 Å². The zero-order valence-corrected chi connectivity index (χ0v) is 18.0. The van der Waals surface area contributed by atoms with Gasteiger partial charge in [-0.2, -0.15) is 5.26 Å². The molecule has 1 amide bonds. The third-order valence-corrected chi connectivity index (χ3v) is 4.81. The molecule has 0 aliphatic carbocycles. The van der Waals surface area contributed by atoms with E-state index in [4.69, 9.17) is 4.74 Å². The van der Waals surface area contributed by atoms with Gasteiger partial charge in [-0.25, -0.2) is 0 Å². The molecule has 33 heavy (non-hydrogen) atoms. The van der Waals surface area contributed by atoms with Crippen molar-refractivity contribution in [1.29, 1.82) is 5.26 Å². The maximum absolute atomic E-state index is 12.4. The summed E-state index contributed by atoms with van der Waals surface area (Å²) in [6, 6.07) is 23.4. The Morgan fingerprint density at radius 1 is 1.12 bits per heavy atom. The number of carbonyl (C=O) groups excluding carboxylic acids is 1. The third kappa shape index (κ3) is 7.61. The second kappa shape index (κ2) is 12.2. The molecule has 0 saturated carbocycles. The Balaban J connectivity index is 1.57. The van der Waals surface area contributed by atoms with Gasteiger partial charge in [-0.15, -0.1) is 0 Å². The highest BCUT2D eigenvalue weighted by atomic mass is 16.5. The molecule has 1 heterocycles. The quantitative estimate of drug-likeness (QED) is 0.329. The molecule has 0 spiro atoms. The van der Waals surface area contributed by atoms with Crippen LogP contribution in [-0.2, 0) is 4.79 Å². The summed E-state index contributed by atoms with van der Waals surface area (Å²) in [4.78, 5) is 16.6. The Labute approximate surface area is 193 Å². The number of pyridine rings is 1. The van der Waals surface area contributed by atoms with Gasteiger partial charge in [-0.05, 0) is 41.5 Å². The van der Waals surface area contributed by atoms with Crippen molar-refractivity contribution in [2.75, 3.05) is 6.61 Å².